The molecule has 0 fully saturated rings. The van der Waals surface area contributed by atoms with Crippen LogP contribution >= 0.6 is 11.6 Å². The van der Waals surface area contributed by atoms with Crippen molar-refractivity contribution in [3.8, 4) is 11.1 Å². The molecule has 3 rings (SSSR count). The molecule has 5 nitrogen and oxygen atoms in total. The van der Waals surface area contributed by atoms with E-state index < -0.39 is 17.6 Å². The van der Waals surface area contributed by atoms with Crippen molar-refractivity contribution < 1.29 is 24.1 Å². The Morgan fingerprint density at radius 1 is 1.14 bits per heavy atom. The largest absolute Gasteiger partial charge is 0.478 e. The third kappa shape index (κ3) is 7.61. The molecule has 3 N–H and O–H groups in total. The second-order valence-electron chi connectivity index (χ2n) is 9.77. The lowest BCUT2D eigenvalue weighted by Crippen LogP contribution is -2.46. The molecule has 192 valence electrons. The highest BCUT2D eigenvalue weighted by Crippen LogP contribution is 2.31. The smallest absolute Gasteiger partial charge is 0.335 e. The van der Waals surface area contributed by atoms with E-state index in [2.05, 4.69) is 5.32 Å². The number of β-amino-alcohol motifs (C(OH)–C–C–N with tert-alkyl or cyclic N) is 1. The van der Waals surface area contributed by atoms with Crippen LogP contribution in [-0.2, 0) is 11.2 Å². The number of rotatable bonds is 11. The average molecular weight is 514 g/mol. The first-order chi connectivity index (χ1) is 16.9. The van der Waals surface area contributed by atoms with E-state index in [-0.39, 0.29) is 24.1 Å². The fourth-order valence-corrected chi connectivity index (χ4v) is 4.51. The molecule has 0 saturated carbocycles. The van der Waals surface area contributed by atoms with Gasteiger partial charge in [-0.25, -0.2) is 9.18 Å². The van der Waals surface area contributed by atoms with Crippen LogP contribution in [0.25, 0.3) is 11.1 Å². The minimum absolute atomic E-state index is 0.126. The van der Waals surface area contributed by atoms with Crippen LogP contribution in [0.5, 0.6) is 0 Å². The summed E-state index contributed by atoms with van der Waals surface area (Å²) >= 11 is 5.96. The fraction of sp³-hybridized carbons (Fsp3) is 0.345. The van der Waals surface area contributed by atoms with Crippen LogP contribution in [0.1, 0.15) is 53.9 Å². The Morgan fingerprint density at radius 3 is 2.53 bits per heavy atom. The lowest BCUT2D eigenvalue weighted by molar-refractivity contribution is -0.00397. The second kappa shape index (κ2) is 12.0. The van der Waals surface area contributed by atoms with Gasteiger partial charge in [0.1, 0.15) is 5.82 Å². The van der Waals surface area contributed by atoms with Gasteiger partial charge in [-0.2, -0.15) is 0 Å². The summed E-state index contributed by atoms with van der Waals surface area (Å²) in [5, 5.41) is 23.5. The van der Waals surface area contributed by atoms with Crippen LogP contribution in [0.2, 0.25) is 5.02 Å². The molecule has 0 aliphatic carbocycles. The Bertz CT molecular complexity index is 1190. The summed E-state index contributed by atoms with van der Waals surface area (Å²) in [4.78, 5) is 11.4. The van der Waals surface area contributed by atoms with E-state index in [9.17, 15) is 19.4 Å². The van der Waals surface area contributed by atoms with Crippen molar-refractivity contribution in [3.63, 3.8) is 0 Å². The number of carbonyl (C=O) groups is 1. The van der Waals surface area contributed by atoms with E-state index >= 15 is 0 Å². The molecule has 0 radical (unpaired) electrons. The second-order valence-corrected chi connectivity index (χ2v) is 10.2. The van der Waals surface area contributed by atoms with Crippen LogP contribution in [0.4, 0.5) is 4.39 Å². The number of hydrogen-bond acceptors (Lipinski definition) is 4. The number of carboxylic acid groups (broad SMARTS) is 1. The molecule has 7 heteroatoms. The molecule has 36 heavy (non-hydrogen) atoms. The molecule has 0 heterocycles. The molecule has 0 bridgehead atoms. The molecule has 0 amide bonds. The summed E-state index contributed by atoms with van der Waals surface area (Å²) in [6, 6.07) is 17.6. The highest BCUT2D eigenvalue weighted by Gasteiger charge is 2.21. The Kier molecular flexibility index (Phi) is 9.25. The summed E-state index contributed by atoms with van der Waals surface area (Å²) in [6.45, 7) is 8.10. The van der Waals surface area contributed by atoms with Gasteiger partial charge in [0.05, 0.1) is 24.4 Å². The van der Waals surface area contributed by atoms with Crippen LogP contribution in [0, 0.1) is 12.7 Å². The molecular weight excluding hydrogens is 481 g/mol. The van der Waals surface area contributed by atoms with E-state index in [0.717, 1.165) is 22.3 Å². The van der Waals surface area contributed by atoms with E-state index in [1.807, 2.05) is 51.1 Å². The van der Waals surface area contributed by atoms with Gasteiger partial charge in [-0.1, -0.05) is 48.0 Å². The van der Waals surface area contributed by atoms with Gasteiger partial charge in [-0.15, -0.1) is 0 Å². The number of hydrogen-bond donors (Lipinski definition) is 3. The number of aryl methyl sites for hydroxylation is 1. The molecule has 0 saturated heterocycles. The Morgan fingerprint density at radius 2 is 1.86 bits per heavy atom. The molecular formula is C29H33ClFNO4. The minimum atomic E-state index is -0.949. The number of carboxylic acids is 1. The highest BCUT2D eigenvalue weighted by atomic mass is 35.5. The maximum atomic E-state index is 13.7. The quantitative estimate of drug-likeness (QED) is 0.284. The number of aromatic carboxylic acids is 1. The number of benzene rings is 3. The molecule has 0 aliphatic rings. The first kappa shape index (κ1) is 27.8. The SMILES string of the molecule is Cc1cc(-c2ccccc2[C@@H](C)OC[C@H](O)CNC(C)(C)Cc2cc(F)cc(Cl)c2)ccc1C(=O)O. The van der Waals surface area contributed by atoms with Gasteiger partial charge in [-0.05, 0) is 86.2 Å². The van der Waals surface area contributed by atoms with Gasteiger partial charge >= 0.3 is 5.97 Å². The van der Waals surface area contributed by atoms with Crippen molar-refractivity contribution in [2.45, 2.75) is 51.9 Å². The Balaban J connectivity index is 1.59. The van der Waals surface area contributed by atoms with Crippen molar-refractivity contribution in [3.05, 3.63) is 93.8 Å². The predicted molar refractivity (Wildman–Crippen MR) is 141 cm³/mol. The third-order valence-corrected chi connectivity index (χ3v) is 6.31. The van der Waals surface area contributed by atoms with Gasteiger partial charge in [0.25, 0.3) is 0 Å². The van der Waals surface area contributed by atoms with Crippen molar-refractivity contribution in [2.75, 3.05) is 13.2 Å². The molecule has 0 unspecified atom stereocenters. The molecule has 3 aromatic rings. The molecule has 3 aromatic carbocycles. The summed E-state index contributed by atoms with van der Waals surface area (Å²) in [5.41, 5.74) is 4.16. The number of halogens is 2. The first-order valence-corrected chi connectivity index (χ1v) is 12.3. The van der Waals surface area contributed by atoms with Gasteiger partial charge in [0.15, 0.2) is 0 Å². The molecule has 0 aliphatic heterocycles. The zero-order chi connectivity index (χ0) is 26.5. The maximum Gasteiger partial charge on any atom is 0.335 e. The first-order valence-electron chi connectivity index (χ1n) is 11.9. The monoisotopic (exact) mass is 513 g/mol. The Labute approximate surface area is 216 Å². The number of ether oxygens (including phenoxy) is 1. The van der Waals surface area contributed by atoms with Crippen molar-refractivity contribution in [2.24, 2.45) is 0 Å². The van der Waals surface area contributed by atoms with Crippen LogP contribution in [-0.4, -0.2) is 41.0 Å². The van der Waals surface area contributed by atoms with Crippen molar-refractivity contribution in [1.29, 1.82) is 0 Å². The van der Waals surface area contributed by atoms with Crippen molar-refractivity contribution in [1.82, 2.24) is 5.32 Å². The normalized spacial score (nSPS) is 13.4. The topological polar surface area (TPSA) is 78.8 Å². The highest BCUT2D eigenvalue weighted by molar-refractivity contribution is 6.30. The standard InChI is InChI=1S/C29H33ClFNO4/c1-18-11-21(9-10-25(18)28(34)35)27-8-6-5-7-26(27)19(2)36-17-24(33)16-32-29(3,4)15-20-12-22(30)14-23(31)13-20/h5-14,19,24,32-33H,15-17H2,1-4H3,(H,34,35)/t19-,24-/m1/s1. The molecule has 2 atom stereocenters. The maximum absolute atomic E-state index is 13.7. The summed E-state index contributed by atoms with van der Waals surface area (Å²) in [5.74, 6) is -1.32. The summed E-state index contributed by atoms with van der Waals surface area (Å²) in [7, 11) is 0. The van der Waals surface area contributed by atoms with Gasteiger partial charge < -0.3 is 20.3 Å². The molecule has 0 spiro atoms. The number of nitrogens with one attached hydrogen (secondary N) is 1. The zero-order valence-corrected chi connectivity index (χ0v) is 21.8. The van der Waals surface area contributed by atoms with Crippen LogP contribution < -0.4 is 5.32 Å². The average Bonchev–Trinajstić information content (AvgIpc) is 2.80. The van der Waals surface area contributed by atoms with E-state index in [0.29, 0.717) is 23.6 Å². The van der Waals surface area contributed by atoms with Gasteiger partial charge in [0.2, 0.25) is 0 Å². The minimum Gasteiger partial charge on any atom is -0.478 e. The summed E-state index contributed by atoms with van der Waals surface area (Å²) in [6.07, 6.45) is -0.494. The predicted octanol–water partition coefficient (Wildman–Crippen LogP) is 6.20. The van der Waals surface area contributed by atoms with Crippen LogP contribution in [0.15, 0.2) is 60.7 Å². The van der Waals surface area contributed by atoms with E-state index in [1.54, 1.807) is 25.1 Å². The van der Waals surface area contributed by atoms with Crippen LogP contribution in [0.3, 0.4) is 0 Å². The summed E-state index contributed by atoms with van der Waals surface area (Å²) < 4.78 is 19.7. The van der Waals surface area contributed by atoms with E-state index in [4.69, 9.17) is 16.3 Å². The Hall–Kier alpha value is -2.77. The van der Waals surface area contributed by atoms with E-state index in [1.165, 1.54) is 12.1 Å². The lowest BCUT2D eigenvalue weighted by Gasteiger charge is -2.28. The molecule has 0 aromatic heterocycles. The van der Waals surface area contributed by atoms with Gasteiger partial charge in [0, 0.05) is 17.1 Å². The number of aliphatic hydroxyl groups excluding tert-OH is 1. The fourth-order valence-electron chi connectivity index (χ4n) is 4.27. The zero-order valence-electron chi connectivity index (χ0n) is 21.0. The lowest BCUT2D eigenvalue weighted by atomic mass is 9.94. The van der Waals surface area contributed by atoms with Crippen molar-refractivity contribution >= 4 is 17.6 Å². The third-order valence-electron chi connectivity index (χ3n) is 6.09. The number of aliphatic hydroxyl groups is 1. The van der Waals surface area contributed by atoms with Gasteiger partial charge in [-0.3, -0.25) is 0 Å².